The molecule has 0 heterocycles. The molecule has 0 saturated carbocycles. The Bertz CT molecular complexity index is 1180. The molecule has 0 fully saturated rings. The molecule has 30 heavy (non-hydrogen) atoms. The summed E-state index contributed by atoms with van der Waals surface area (Å²) in [4.78, 5) is 12.5. The number of rotatable bonds is 6. The summed E-state index contributed by atoms with van der Waals surface area (Å²) in [6, 6.07) is 17.4. The van der Waals surface area contributed by atoms with Crippen molar-refractivity contribution in [3.8, 4) is 0 Å². The summed E-state index contributed by atoms with van der Waals surface area (Å²) in [6.45, 7) is 1.80. The van der Waals surface area contributed by atoms with E-state index in [9.17, 15) is 17.6 Å². The highest BCUT2D eigenvalue weighted by molar-refractivity contribution is 7.92. The van der Waals surface area contributed by atoms with E-state index >= 15 is 0 Å². The van der Waals surface area contributed by atoms with Gasteiger partial charge in [0.1, 0.15) is 5.82 Å². The first kappa shape index (κ1) is 21.8. The summed E-state index contributed by atoms with van der Waals surface area (Å²) in [5.41, 5.74) is 2.46. The van der Waals surface area contributed by atoms with Crippen LogP contribution < -0.4 is 9.62 Å². The molecule has 3 aromatic rings. The number of carbonyl (C=O) groups excluding carboxylic acids is 1. The second-order valence-electron chi connectivity index (χ2n) is 6.83. The third-order valence-electron chi connectivity index (χ3n) is 4.51. The van der Waals surface area contributed by atoms with Crippen LogP contribution in [0.5, 0.6) is 0 Å². The lowest BCUT2D eigenvalue weighted by atomic mass is 10.1. The van der Waals surface area contributed by atoms with Crippen LogP contribution in [-0.2, 0) is 16.6 Å². The largest absolute Gasteiger partial charge is 0.322 e. The quantitative estimate of drug-likeness (QED) is 0.579. The molecule has 0 aliphatic carbocycles. The third kappa shape index (κ3) is 5.17. The average molecular weight is 447 g/mol. The lowest BCUT2D eigenvalue weighted by Crippen LogP contribution is -2.30. The molecule has 8 heteroatoms. The van der Waals surface area contributed by atoms with Gasteiger partial charge in [0.15, 0.2) is 0 Å². The summed E-state index contributed by atoms with van der Waals surface area (Å²) in [7, 11) is -3.71. The standard InChI is InChI=1S/C22H20ClFN2O3S/c1-15-7-12-18(23)13-20(15)25-22(27)17-10-8-16(9-11-17)14-26(30(2,28)29)21-6-4-3-5-19(21)24/h3-13H,14H2,1-2H3,(H,25,27). The molecular formula is C22H20ClFN2O3S. The fourth-order valence-electron chi connectivity index (χ4n) is 2.89. The fraction of sp³-hybridized carbons (Fsp3) is 0.136. The number of carbonyl (C=O) groups is 1. The van der Waals surface area contributed by atoms with Crippen molar-refractivity contribution < 1.29 is 17.6 Å². The van der Waals surface area contributed by atoms with E-state index in [0.29, 0.717) is 21.8 Å². The first-order valence-electron chi connectivity index (χ1n) is 9.04. The van der Waals surface area contributed by atoms with E-state index in [1.165, 1.54) is 18.2 Å². The predicted molar refractivity (Wildman–Crippen MR) is 118 cm³/mol. The third-order valence-corrected chi connectivity index (χ3v) is 5.87. The van der Waals surface area contributed by atoms with Gasteiger partial charge in [-0.05, 0) is 54.4 Å². The second kappa shape index (κ2) is 8.85. The molecule has 0 bridgehead atoms. The molecule has 0 aliphatic rings. The molecule has 0 saturated heterocycles. The minimum absolute atomic E-state index is 0.0294. The van der Waals surface area contributed by atoms with Gasteiger partial charge in [0.05, 0.1) is 18.5 Å². The van der Waals surface area contributed by atoms with E-state index in [1.54, 1.807) is 42.5 Å². The molecule has 1 amide bonds. The van der Waals surface area contributed by atoms with Gasteiger partial charge in [0, 0.05) is 16.3 Å². The van der Waals surface area contributed by atoms with Gasteiger partial charge in [-0.1, -0.05) is 41.9 Å². The number of amides is 1. The number of benzene rings is 3. The zero-order chi connectivity index (χ0) is 21.9. The Labute approximate surface area is 180 Å². The van der Waals surface area contributed by atoms with Crippen LogP contribution in [0.25, 0.3) is 0 Å². The van der Waals surface area contributed by atoms with E-state index in [4.69, 9.17) is 11.6 Å². The van der Waals surface area contributed by atoms with Gasteiger partial charge in [-0.25, -0.2) is 12.8 Å². The molecule has 3 aromatic carbocycles. The van der Waals surface area contributed by atoms with Gasteiger partial charge in [0.25, 0.3) is 5.91 Å². The van der Waals surface area contributed by atoms with Gasteiger partial charge in [-0.2, -0.15) is 0 Å². The van der Waals surface area contributed by atoms with E-state index in [-0.39, 0.29) is 18.1 Å². The van der Waals surface area contributed by atoms with Crippen molar-refractivity contribution in [2.24, 2.45) is 0 Å². The average Bonchev–Trinajstić information content (AvgIpc) is 2.69. The molecule has 0 radical (unpaired) electrons. The van der Waals surface area contributed by atoms with E-state index in [1.807, 2.05) is 13.0 Å². The molecule has 156 valence electrons. The molecule has 0 spiro atoms. The number of nitrogens with zero attached hydrogens (tertiary/aromatic N) is 1. The Hall–Kier alpha value is -2.90. The van der Waals surface area contributed by atoms with E-state index in [0.717, 1.165) is 16.1 Å². The fourth-order valence-corrected chi connectivity index (χ4v) is 3.95. The van der Waals surface area contributed by atoms with Crippen molar-refractivity contribution in [2.45, 2.75) is 13.5 Å². The van der Waals surface area contributed by atoms with Crippen LogP contribution in [0.1, 0.15) is 21.5 Å². The maximum absolute atomic E-state index is 14.1. The van der Waals surface area contributed by atoms with Crippen LogP contribution in [0.4, 0.5) is 15.8 Å². The molecule has 0 atom stereocenters. The monoisotopic (exact) mass is 446 g/mol. The molecular weight excluding hydrogens is 427 g/mol. The Morgan fingerprint density at radius 1 is 1.07 bits per heavy atom. The molecule has 0 aliphatic heterocycles. The van der Waals surface area contributed by atoms with Crippen LogP contribution in [-0.4, -0.2) is 20.6 Å². The Morgan fingerprint density at radius 3 is 2.37 bits per heavy atom. The van der Waals surface area contributed by atoms with Crippen molar-refractivity contribution in [1.82, 2.24) is 0 Å². The molecule has 3 rings (SSSR count). The van der Waals surface area contributed by atoms with Crippen molar-refractivity contribution in [2.75, 3.05) is 15.9 Å². The molecule has 0 unspecified atom stereocenters. The zero-order valence-corrected chi connectivity index (χ0v) is 18.0. The van der Waals surface area contributed by atoms with Crippen molar-refractivity contribution in [3.63, 3.8) is 0 Å². The van der Waals surface area contributed by atoms with Crippen LogP contribution >= 0.6 is 11.6 Å². The van der Waals surface area contributed by atoms with Crippen molar-refractivity contribution >= 4 is 38.9 Å². The van der Waals surface area contributed by atoms with Gasteiger partial charge < -0.3 is 5.32 Å². The van der Waals surface area contributed by atoms with Gasteiger partial charge in [-0.15, -0.1) is 0 Å². The van der Waals surface area contributed by atoms with Crippen LogP contribution in [0.15, 0.2) is 66.7 Å². The lowest BCUT2D eigenvalue weighted by Gasteiger charge is -2.23. The topological polar surface area (TPSA) is 66.5 Å². The predicted octanol–water partition coefficient (Wildman–Crippen LogP) is 5.01. The molecule has 5 nitrogen and oxygen atoms in total. The Balaban J connectivity index is 1.80. The van der Waals surface area contributed by atoms with Crippen LogP contribution in [0.3, 0.4) is 0 Å². The van der Waals surface area contributed by atoms with Crippen molar-refractivity contribution in [1.29, 1.82) is 0 Å². The minimum atomic E-state index is -3.71. The normalized spacial score (nSPS) is 11.2. The maximum atomic E-state index is 14.1. The van der Waals surface area contributed by atoms with Crippen LogP contribution in [0.2, 0.25) is 5.02 Å². The van der Waals surface area contributed by atoms with Gasteiger partial charge in [0.2, 0.25) is 10.0 Å². The maximum Gasteiger partial charge on any atom is 0.255 e. The van der Waals surface area contributed by atoms with Crippen molar-refractivity contribution in [3.05, 3.63) is 94.3 Å². The highest BCUT2D eigenvalue weighted by atomic mass is 35.5. The SMILES string of the molecule is Cc1ccc(Cl)cc1NC(=O)c1ccc(CN(c2ccccc2F)S(C)(=O)=O)cc1. The summed E-state index contributed by atoms with van der Waals surface area (Å²) < 4.78 is 39.6. The number of nitrogens with one attached hydrogen (secondary N) is 1. The summed E-state index contributed by atoms with van der Waals surface area (Å²) in [6.07, 6.45) is 1.02. The first-order valence-corrected chi connectivity index (χ1v) is 11.3. The van der Waals surface area contributed by atoms with E-state index < -0.39 is 15.8 Å². The van der Waals surface area contributed by atoms with Crippen LogP contribution in [0, 0.1) is 12.7 Å². The minimum Gasteiger partial charge on any atom is -0.322 e. The van der Waals surface area contributed by atoms with Gasteiger partial charge in [-0.3, -0.25) is 9.10 Å². The number of sulfonamides is 1. The number of hydrogen-bond donors (Lipinski definition) is 1. The highest BCUT2D eigenvalue weighted by Gasteiger charge is 2.21. The number of para-hydroxylation sites is 1. The first-order chi connectivity index (χ1) is 14.1. The molecule has 1 N–H and O–H groups in total. The summed E-state index contributed by atoms with van der Waals surface area (Å²) in [5.74, 6) is -0.947. The summed E-state index contributed by atoms with van der Waals surface area (Å²) >= 11 is 5.98. The second-order valence-corrected chi connectivity index (χ2v) is 9.17. The van der Waals surface area contributed by atoms with E-state index in [2.05, 4.69) is 5.32 Å². The van der Waals surface area contributed by atoms with Gasteiger partial charge >= 0.3 is 0 Å². The highest BCUT2D eigenvalue weighted by Crippen LogP contribution is 2.24. The Kier molecular flexibility index (Phi) is 6.43. The number of halogens is 2. The number of anilines is 2. The Morgan fingerprint density at radius 2 is 1.73 bits per heavy atom. The lowest BCUT2D eigenvalue weighted by molar-refractivity contribution is 0.102. The molecule has 0 aromatic heterocycles. The number of aryl methyl sites for hydroxylation is 1. The smallest absolute Gasteiger partial charge is 0.255 e. The number of hydrogen-bond acceptors (Lipinski definition) is 3. The zero-order valence-electron chi connectivity index (χ0n) is 16.4. The summed E-state index contributed by atoms with van der Waals surface area (Å²) in [5, 5.41) is 3.32.